The fourth-order valence-electron chi connectivity index (χ4n) is 2.42. The summed E-state index contributed by atoms with van der Waals surface area (Å²) in [7, 11) is -3.04. The average molecular weight is 380 g/mol. The van der Waals surface area contributed by atoms with Crippen LogP contribution in [0, 0.1) is 0 Å². The second kappa shape index (κ2) is 7.19. The number of amides is 3. The van der Waals surface area contributed by atoms with E-state index in [2.05, 4.69) is 20.9 Å². The summed E-state index contributed by atoms with van der Waals surface area (Å²) in [6.07, 6.45) is 2.02. The van der Waals surface area contributed by atoms with E-state index in [9.17, 15) is 18.0 Å². The lowest BCUT2D eigenvalue weighted by atomic mass is 10.2. The Morgan fingerprint density at radius 1 is 1.16 bits per heavy atom. The molecule has 0 saturated carbocycles. The van der Waals surface area contributed by atoms with Gasteiger partial charge in [-0.1, -0.05) is 0 Å². The Morgan fingerprint density at radius 3 is 2.52 bits per heavy atom. The molecule has 1 atom stereocenters. The molecule has 0 spiro atoms. The van der Waals surface area contributed by atoms with Crippen molar-refractivity contribution in [3.8, 4) is 0 Å². The smallest absolute Gasteiger partial charge is 0.319 e. The number of hydrogen-bond donors (Lipinski definition) is 3. The Hall–Kier alpha value is -2.46. The number of anilines is 2. The average Bonchev–Trinajstić information content (AvgIpc) is 3.17. The van der Waals surface area contributed by atoms with Crippen LogP contribution < -0.4 is 16.0 Å². The van der Waals surface area contributed by atoms with Crippen LogP contribution in [0.15, 0.2) is 35.8 Å². The van der Waals surface area contributed by atoms with E-state index >= 15 is 0 Å². The zero-order valence-electron chi connectivity index (χ0n) is 13.1. The molecule has 10 heteroatoms. The predicted octanol–water partition coefficient (Wildman–Crippen LogP) is 1.70. The molecule has 132 valence electrons. The van der Waals surface area contributed by atoms with E-state index in [0.29, 0.717) is 22.8 Å². The predicted molar refractivity (Wildman–Crippen MR) is 95.7 cm³/mol. The molecule has 2 heterocycles. The first-order valence-electron chi connectivity index (χ1n) is 7.50. The highest BCUT2D eigenvalue weighted by Gasteiger charge is 2.28. The lowest BCUT2D eigenvalue weighted by Crippen LogP contribution is -2.38. The van der Waals surface area contributed by atoms with Crippen LogP contribution in [-0.4, -0.2) is 42.9 Å². The van der Waals surface area contributed by atoms with Gasteiger partial charge in [0.2, 0.25) is 0 Å². The summed E-state index contributed by atoms with van der Waals surface area (Å²) in [5.74, 6) is -0.223. The summed E-state index contributed by atoms with van der Waals surface area (Å²) < 4.78 is 22.8. The van der Waals surface area contributed by atoms with Crippen LogP contribution in [0.1, 0.15) is 16.8 Å². The number of sulfone groups is 1. The molecule has 25 heavy (non-hydrogen) atoms. The third-order valence-corrected chi connectivity index (χ3v) is 6.08. The van der Waals surface area contributed by atoms with E-state index in [4.69, 9.17) is 0 Å². The molecule has 2 aromatic rings. The molecule has 0 radical (unpaired) electrons. The van der Waals surface area contributed by atoms with Crippen LogP contribution in [-0.2, 0) is 9.84 Å². The molecule has 0 aliphatic carbocycles. The van der Waals surface area contributed by atoms with Gasteiger partial charge in [-0.05, 0) is 30.7 Å². The molecule has 1 aromatic carbocycles. The molecule has 3 N–H and O–H groups in total. The van der Waals surface area contributed by atoms with Gasteiger partial charge >= 0.3 is 6.03 Å². The molecule has 1 saturated heterocycles. The first kappa shape index (κ1) is 17.4. The number of carbonyl (C=O) groups excluding carboxylic acids is 2. The molecular formula is C15H16N4O4S2. The third kappa shape index (κ3) is 4.77. The van der Waals surface area contributed by atoms with Crippen molar-refractivity contribution >= 4 is 43.9 Å². The van der Waals surface area contributed by atoms with Gasteiger partial charge in [0, 0.05) is 28.9 Å². The summed E-state index contributed by atoms with van der Waals surface area (Å²) in [4.78, 5) is 27.9. The van der Waals surface area contributed by atoms with E-state index in [1.165, 1.54) is 11.3 Å². The van der Waals surface area contributed by atoms with Crippen LogP contribution in [0.2, 0.25) is 0 Å². The van der Waals surface area contributed by atoms with E-state index in [0.717, 1.165) is 0 Å². The maximum atomic E-state index is 12.0. The second-order valence-corrected chi connectivity index (χ2v) is 8.69. The standard InChI is InChI=1S/C15H16N4O4S2/c20-13(19-15-16-6-7-24-15)10-1-3-11(4-2-10)17-14(21)18-12-5-8-25(22,23)9-12/h1-4,6-7,12H,5,8-9H2,(H,16,19,20)(H2,17,18,21)/t12-/m0/s1. The van der Waals surface area contributed by atoms with E-state index < -0.39 is 15.9 Å². The number of nitrogens with one attached hydrogen (secondary N) is 3. The molecule has 1 fully saturated rings. The van der Waals surface area contributed by atoms with Crippen LogP contribution in [0.4, 0.5) is 15.6 Å². The third-order valence-electron chi connectivity index (χ3n) is 3.63. The van der Waals surface area contributed by atoms with E-state index in [-0.39, 0.29) is 23.5 Å². The maximum Gasteiger partial charge on any atom is 0.319 e. The number of urea groups is 1. The largest absolute Gasteiger partial charge is 0.334 e. The molecule has 1 aliphatic heterocycles. The molecule has 8 nitrogen and oxygen atoms in total. The summed E-state index contributed by atoms with van der Waals surface area (Å²) in [6.45, 7) is 0. The summed E-state index contributed by atoms with van der Waals surface area (Å²) in [5, 5.41) is 10.2. The van der Waals surface area contributed by atoms with Crippen molar-refractivity contribution < 1.29 is 18.0 Å². The van der Waals surface area contributed by atoms with Crippen molar-refractivity contribution in [2.75, 3.05) is 22.1 Å². The highest BCUT2D eigenvalue weighted by Crippen LogP contribution is 2.15. The monoisotopic (exact) mass is 380 g/mol. The van der Waals surface area contributed by atoms with Crippen molar-refractivity contribution in [3.63, 3.8) is 0 Å². The first-order chi connectivity index (χ1) is 11.9. The fourth-order valence-corrected chi connectivity index (χ4v) is 4.62. The zero-order valence-corrected chi connectivity index (χ0v) is 14.7. The molecule has 3 rings (SSSR count). The lowest BCUT2D eigenvalue weighted by Gasteiger charge is -2.12. The van der Waals surface area contributed by atoms with Gasteiger partial charge in [0.05, 0.1) is 11.5 Å². The van der Waals surface area contributed by atoms with Gasteiger partial charge in [-0.15, -0.1) is 11.3 Å². The van der Waals surface area contributed by atoms with Gasteiger partial charge < -0.3 is 10.6 Å². The quantitative estimate of drug-likeness (QED) is 0.746. The number of thiazole rings is 1. The van der Waals surface area contributed by atoms with Gasteiger partial charge in [-0.3, -0.25) is 10.1 Å². The number of nitrogens with zero attached hydrogens (tertiary/aromatic N) is 1. The van der Waals surface area contributed by atoms with Crippen LogP contribution >= 0.6 is 11.3 Å². The summed E-state index contributed by atoms with van der Waals surface area (Å²) in [6, 6.07) is 5.52. The van der Waals surface area contributed by atoms with Crippen molar-refractivity contribution in [1.29, 1.82) is 0 Å². The number of carbonyl (C=O) groups is 2. The minimum atomic E-state index is -3.04. The number of aromatic nitrogens is 1. The first-order valence-corrected chi connectivity index (χ1v) is 10.2. The Balaban J connectivity index is 1.53. The van der Waals surface area contributed by atoms with E-state index in [1.807, 2.05) is 0 Å². The SMILES string of the molecule is O=C(Nc1ccc(C(=O)Nc2nccs2)cc1)N[C@H]1CCS(=O)(=O)C1. The van der Waals surface area contributed by atoms with Crippen molar-refractivity contribution in [3.05, 3.63) is 41.4 Å². The second-order valence-electron chi connectivity index (χ2n) is 5.57. The Kier molecular flexibility index (Phi) is 5.00. The van der Waals surface area contributed by atoms with Crippen molar-refractivity contribution in [1.82, 2.24) is 10.3 Å². The van der Waals surface area contributed by atoms with Crippen LogP contribution in [0.5, 0.6) is 0 Å². The minimum Gasteiger partial charge on any atom is -0.334 e. The molecule has 1 aliphatic rings. The topological polar surface area (TPSA) is 117 Å². The number of rotatable bonds is 4. The van der Waals surface area contributed by atoms with Gasteiger partial charge in [0.1, 0.15) is 0 Å². The lowest BCUT2D eigenvalue weighted by molar-refractivity contribution is 0.102. The highest BCUT2D eigenvalue weighted by molar-refractivity contribution is 7.91. The summed E-state index contributed by atoms with van der Waals surface area (Å²) >= 11 is 1.32. The molecule has 1 aromatic heterocycles. The van der Waals surface area contributed by atoms with Gasteiger partial charge in [0.25, 0.3) is 5.91 Å². The van der Waals surface area contributed by atoms with E-state index in [1.54, 1.807) is 35.8 Å². The number of hydrogen-bond acceptors (Lipinski definition) is 6. The van der Waals surface area contributed by atoms with Gasteiger partial charge in [-0.25, -0.2) is 18.2 Å². The normalized spacial score (nSPS) is 18.5. The molecule has 0 unspecified atom stereocenters. The van der Waals surface area contributed by atoms with Gasteiger partial charge in [-0.2, -0.15) is 0 Å². The van der Waals surface area contributed by atoms with Gasteiger partial charge in [0.15, 0.2) is 15.0 Å². The summed E-state index contributed by atoms with van der Waals surface area (Å²) in [5.41, 5.74) is 0.937. The zero-order chi connectivity index (χ0) is 17.9. The van der Waals surface area contributed by atoms with Crippen LogP contribution in [0.25, 0.3) is 0 Å². The number of benzene rings is 1. The molecular weight excluding hydrogens is 364 g/mol. The Morgan fingerprint density at radius 2 is 1.92 bits per heavy atom. The van der Waals surface area contributed by atoms with Crippen molar-refractivity contribution in [2.45, 2.75) is 12.5 Å². The Labute approximate surface area is 148 Å². The highest BCUT2D eigenvalue weighted by atomic mass is 32.2. The maximum absolute atomic E-state index is 12.0. The van der Waals surface area contributed by atoms with Crippen LogP contribution in [0.3, 0.4) is 0 Å². The Bertz CT molecular complexity index is 863. The fraction of sp³-hybridized carbons (Fsp3) is 0.267. The molecule has 0 bridgehead atoms. The van der Waals surface area contributed by atoms with Crippen molar-refractivity contribution in [2.24, 2.45) is 0 Å². The minimum absolute atomic E-state index is 0.0315. The molecule has 3 amide bonds.